The van der Waals surface area contributed by atoms with Crippen molar-refractivity contribution in [2.24, 2.45) is 13.0 Å². The average Bonchev–Trinajstić information content (AvgIpc) is 3.14. The van der Waals surface area contributed by atoms with Gasteiger partial charge in [-0.05, 0) is 63.0 Å². The monoisotopic (exact) mass is 436 g/mol. The number of aromatic nitrogens is 1. The number of carbonyl (C=O) groups excluding carboxylic acids is 2. The summed E-state index contributed by atoms with van der Waals surface area (Å²) in [4.78, 5) is 28.1. The van der Waals surface area contributed by atoms with E-state index in [1.54, 1.807) is 4.90 Å². The van der Waals surface area contributed by atoms with Crippen molar-refractivity contribution in [3.8, 4) is 0 Å². The van der Waals surface area contributed by atoms with Crippen LogP contribution in [0.25, 0.3) is 10.9 Å². The van der Waals surface area contributed by atoms with Crippen LogP contribution in [0.1, 0.15) is 69.4 Å². The van der Waals surface area contributed by atoms with Gasteiger partial charge in [0.15, 0.2) is 0 Å². The smallest absolute Gasteiger partial charge is 0.328 e. The maximum atomic E-state index is 12.2. The van der Waals surface area contributed by atoms with Gasteiger partial charge in [-0.15, -0.1) is 0 Å². The topological polar surface area (TPSA) is 57.6 Å². The molecule has 0 spiro atoms. The lowest BCUT2D eigenvalue weighted by Gasteiger charge is -2.33. The second-order valence-electron chi connectivity index (χ2n) is 10.0. The highest BCUT2D eigenvalue weighted by molar-refractivity contribution is 6.06. The quantitative estimate of drug-likeness (QED) is 0.734. The summed E-state index contributed by atoms with van der Waals surface area (Å²) in [6.45, 7) is 4.11. The molecule has 3 heterocycles. The molecule has 0 atom stereocenters. The number of nitrogens with zero attached hydrogens (tertiary/aromatic N) is 3. The number of carbonyl (C=O) groups is 2. The number of nitrogens with one attached hydrogen (secondary N) is 1. The first-order valence-corrected chi connectivity index (χ1v) is 12.5. The molecule has 32 heavy (non-hydrogen) atoms. The van der Waals surface area contributed by atoms with E-state index in [1.807, 2.05) is 6.07 Å². The maximum absolute atomic E-state index is 12.2. The van der Waals surface area contributed by atoms with E-state index in [-0.39, 0.29) is 11.9 Å². The van der Waals surface area contributed by atoms with E-state index in [0.29, 0.717) is 18.9 Å². The molecule has 172 valence electrons. The molecule has 3 fully saturated rings. The van der Waals surface area contributed by atoms with Crippen LogP contribution in [0.3, 0.4) is 0 Å². The second-order valence-corrected chi connectivity index (χ2v) is 10.0. The predicted molar refractivity (Wildman–Crippen MR) is 128 cm³/mol. The molecule has 6 heteroatoms. The fourth-order valence-electron chi connectivity index (χ4n) is 6.00. The van der Waals surface area contributed by atoms with Crippen LogP contribution < -0.4 is 10.2 Å². The normalized spacial score (nSPS) is 22.0. The Bertz CT molecular complexity index is 983. The fraction of sp³-hybridized carbons (Fsp3) is 0.615. The molecule has 0 unspecified atom stereocenters. The van der Waals surface area contributed by atoms with E-state index >= 15 is 0 Å². The highest BCUT2D eigenvalue weighted by atomic mass is 16.2. The zero-order chi connectivity index (χ0) is 22.1. The molecule has 3 aliphatic rings. The van der Waals surface area contributed by atoms with Gasteiger partial charge in [0.1, 0.15) is 0 Å². The van der Waals surface area contributed by atoms with Crippen molar-refractivity contribution >= 4 is 28.5 Å². The molecule has 1 N–H and O–H groups in total. The molecular formula is C26H36N4O2. The molecule has 5 rings (SSSR count). The molecule has 2 aliphatic heterocycles. The van der Waals surface area contributed by atoms with E-state index < -0.39 is 0 Å². The third-order valence-corrected chi connectivity index (χ3v) is 8.02. The zero-order valence-corrected chi connectivity index (χ0v) is 19.3. The molecule has 0 bridgehead atoms. The number of benzene rings is 1. The van der Waals surface area contributed by atoms with Gasteiger partial charge in [-0.25, -0.2) is 4.79 Å². The van der Waals surface area contributed by atoms with Crippen LogP contribution in [0.4, 0.5) is 10.5 Å². The number of imide groups is 1. The molecule has 1 aromatic carbocycles. The largest absolute Gasteiger partial charge is 0.347 e. The minimum Gasteiger partial charge on any atom is -0.347 e. The summed E-state index contributed by atoms with van der Waals surface area (Å²) >= 11 is 0. The number of hydrogen-bond donors (Lipinski definition) is 1. The molecule has 2 saturated heterocycles. The van der Waals surface area contributed by atoms with Crippen LogP contribution in [0.5, 0.6) is 0 Å². The highest BCUT2D eigenvalue weighted by Gasteiger charge is 2.26. The maximum Gasteiger partial charge on any atom is 0.328 e. The summed E-state index contributed by atoms with van der Waals surface area (Å²) < 4.78 is 2.31. The van der Waals surface area contributed by atoms with E-state index in [1.165, 1.54) is 82.1 Å². The summed E-state index contributed by atoms with van der Waals surface area (Å²) in [5, 5.41) is 3.64. The average molecular weight is 437 g/mol. The first-order valence-electron chi connectivity index (χ1n) is 12.5. The molecule has 3 amide bonds. The van der Waals surface area contributed by atoms with Gasteiger partial charge in [-0.3, -0.25) is 15.0 Å². The van der Waals surface area contributed by atoms with Crippen molar-refractivity contribution in [2.75, 3.05) is 31.1 Å². The Morgan fingerprint density at radius 3 is 2.50 bits per heavy atom. The third-order valence-electron chi connectivity index (χ3n) is 8.02. The van der Waals surface area contributed by atoms with Crippen LogP contribution in [0.2, 0.25) is 0 Å². The zero-order valence-electron chi connectivity index (χ0n) is 19.3. The number of rotatable bonds is 5. The van der Waals surface area contributed by atoms with Crippen LogP contribution >= 0.6 is 0 Å². The van der Waals surface area contributed by atoms with Crippen LogP contribution in [-0.2, 0) is 11.8 Å². The van der Waals surface area contributed by atoms with Crippen LogP contribution in [0, 0.1) is 5.92 Å². The predicted octanol–water partition coefficient (Wildman–Crippen LogP) is 4.77. The summed E-state index contributed by atoms with van der Waals surface area (Å²) in [5.74, 6) is 1.37. The number of hydrogen-bond acceptors (Lipinski definition) is 3. The van der Waals surface area contributed by atoms with Gasteiger partial charge in [-0.2, -0.15) is 0 Å². The van der Waals surface area contributed by atoms with Crippen molar-refractivity contribution in [1.82, 2.24) is 14.8 Å². The van der Waals surface area contributed by atoms with Crippen molar-refractivity contribution in [3.63, 3.8) is 0 Å². The number of urea groups is 1. The Balaban J connectivity index is 1.23. The van der Waals surface area contributed by atoms with Gasteiger partial charge in [-0.1, -0.05) is 38.2 Å². The number of amides is 3. The van der Waals surface area contributed by atoms with Crippen molar-refractivity contribution < 1.29 is 9.59 Å². The van der Waals surface area contributed by atoms with E-state index in [2.05, 4.69) is 40.0 Å². The van der Waals surface area contributed by atoms with Crippen LogP contribution in [0.15, 0.2) is 24.3 Å². The first kappa shape index (κ1) is 21.5. The minimum atomic E-state index is -0.323. The Morgan fingerprint density at radius 1 is 0.969 bits per heavy atom. The molecule has 1 aromatic heterocycles. The second kappa shape index (κ2) is 9.26. The standard InChI is InChI=1S/C26H36N4O2/c1-28-23(20-10-14-29(15-11-20)13-9-19-5-3-2-4-6-19)17-21-7-8-22(18-24(21)28)30-16-12-25(31)27-26(30)32/h7-8,17-20H,2-6,9-16H2,1H3,(H,27,31,32). The molecule has 2 aromatic rings. The van der Waals surface area contributed by atoms with Gasteiger partial charge in [0.2, 0.25) is 5.91 Å². The van der Waals surface area contributed by atoms with Gasteiger partial charge in [0.25, 0.3) is 0 Å². The Hall–Kier alpha value is -2.34. The molecule has 6 nitrogen and oxygen atoms in total. The van der Waals surface area contributed by atoms with Crippen molar-refractivity contribution in [2.45, 2.75) is 63.7 Å². The van der Waals surface area contributed by atoms with Crippen LogP contribution in [-0.4, -0.2) is 47.6 Å². The molecule has 1 aliphatic carbocycles. The van der Waals surface area contributed by atoms with E-state index in [4.69, 9.17) is 0 Å². The van der Waals surface area contributed by atoms with Crippen molar-refractivity contribution in [1.29, 1.82) is 0 Å². The molecule has 1 saturated carbocycles. The number of likely N-dealkylation sites (tertiary alicyclic amines) is 1. The minimum absolute atomic E-state index is 0.196. The fourth-order valence-corrected chi connectivity index (χ4v) is 6.00. The lowest BCUT2D eigenvalue weighted by atomic mass is 9.86. The van der Waals surface area contributed by atoms with Gasteiger partial charge in [0, 0.05) is 42.7 Å². The Morgan fingerprint density at radius 2 is 1.75 bits per heavy atom. The lowest BCUT2D eigenvalue weighted by molar-refractivity contribution is -0.120. The lowest BCUT2D eigenvalue weighted by Crippen LogP contribution is -2.49. The van der Waals surface area contributed by atoms with Gasteiger partial charge in [0.05, 0.1) is 5.52 Å². The first-order chi connectivity index (χ1) is 15.6. The number of fused-ring (bicyclic) bond motifs is 1. The summed E-state index contributed by atoms with van der Waals surface area (Å²) in [7, 11) is 2.15. The summed E-state index contributed by atoms with van der Waals surface area (Å²) in [5.41, 5.74) is 3.41. The summed E-state index contributed by atoms with van der Waals surface area (Å²) in [6, 6.07) is 8.21. The molecule has 0 radical (unpaired) electrons. The number of anilines is 1. The van der Waals surface area contributed by atoms with Gasteiger partial charge >= 0.3 is 6.03 Å². The van der Waals surface area contributed by atoms with Crippen molar-refractivity contribution in [3.05, 3.63) is 30.0 Å². The Labute approximate surface area is 190 Å². The van der Waals surface area contributed by atoms with Gasteiger partial charge < -0.3 is 9.47 Å². The number of piperidine rings is 1. The highest BCUT2D eigenvalue weighted by Crippen LogP contribution is 2.34. The SMILES string of the molecule is Cn1c(C2CCN(CCC3CCCCC3)CC2)cc2ccc(N3CCC(=O)NC3=O)cc21. The Kier molecular flexibility index (Phi) is 6.22. The number of aryl methyl sites for hydroxylation is 1. The third kappa shape index (κ3) is 4.42. The van der Waals surface area contributed by atoms with E-state index in [0.717, 1.165) is 17.1 Å². The summed E-state index contributed by atoms with van der Waals surface area (Å²) in [6.07, 6.45) is 11.4. The molecular weight excluding hydrogens is 400 g/mol. The van der Waals surface area contributed by atoms with E-state index in [9.17, 15) is 9.59 Å².